The van der Waals surface area contributed by atoms with Crippen molar-refractivity contribution >= 4 is 5.95 Å². The fraction of sp³-hybridized carbons (Fsp3) is 0.261. The minimum Gasteiger partial charge on any atom is -0.493 e. The number of anilines is 1. The highest BCUT2D eigenvalue weighted by atomic mass is 19.1. The average Bonchev–Trinajstić information content (AvgIpc) is 3.21. The summed E-state index contributed by atoms with van der Waals surface area (Å²) in [4.78, 5) is 13.2. The predicted octanol–water partition coefficient (Wildman–Crippen LogP) is 3.87. The number of nitrogens with two attached hydrogens (primary N) is 1. The highest BCUT2D eigenvalue weighted by molar-refractivity contribution is 5.72. The molecule has 0 saturated carbocycles. The Bertz CT molecular complexity index is 1260. The van der Waals surface area contributed by atoms with Gasteiger partial charge in [0.15, 0.2) is 11.6 Å². The summed E-state index contributed by atoms with van der Waals surface area (Å²) in [5, 5.41) is 8.42. The Labute approximate surface area is 185 Å². The molecule has 1 aromatic carbocycles. The van der Waals surface area contributed by atoms with Crippen LogP contribution in [0.3, 0.4) is 0 Å². The molecule has 8 nitrogen and oxygen atoms in total. The molecular formula is C23H24FN7O. The molecule has 0 bridgehead atoms. The van der Waals surface area contributed by atoms with Gasteiger partial charge in [-0.25, -0.2) is 19.0 Å². The Balaban J connectivity index is 1.65. The van der Waals surface area contributed by atoms with Gasteiger partial charge in [-0.2, -0.15) is 0 Å². The van der Waals surface area contributed by atoms with Crippen LogP contribution in [-0.4, -0.2) is 37.1 Å². The lowest BCUT2D eigenvalue weighted by Crippen LogP contribution is -2.15. The molecule has 3 aromatic heterocycles. The molecule has 0 aliphatic rings. The highest BCUT2D eigenvalue weighted by Gasteiger charge is 2.17. The van der Waals surface area contributed by atoms with E-state index in [-0.39, 0.29) is 17.1 Å². The molecule has 0 unspecified atom stereocenters. The molecule has 32 heavy (non-hydrogen) atoms. The van der Waals surface area contributed by atoms with Gasteiger partial charge >= 0.3 is 0 Å². The van der Waals surface area contributed by atoms with Crippen LogP contribution in [0.25, 0.3) is 22.6 Å². The summed E-state index contributed by atoms with van der Waals surface area (Å²) >= 11 is 0. The quantitative estimate of drug-likeness (QED) is 0.509. The average molecular weight is 433 g/mol. The van der Waals surface area contributed by atoms with E-state index in [0.29, 0.717) is 29.2 Å². The molecule has 2 N–H and O–H groups in total. The van der Waals surface area contributed by atoms with Crippen molar-refractivity contribution in [2.75, 3.05) is 12.8 Å². The van der Waals surface area contributed by atoms with E-state index < -0.39 is 5.82 Å². The normalized spacial score (nSPS) is 11.5. The van der Waals surface area contributed by atoms with Gasteiger partial charge in [0.05, 0.1) is 36.9 Å². The Morgan fingerprint density at radius 2 is 1.75 bits per heavy atom. The molecule has 0 spiro atoms. The highest BCUT2D eigenvalue weighted by Crippen LogP contribution is 2.32. The van der Waals surface area contributed by atoms with Crippen molar-refractivity contribution < 1.29 is 9.13 Å². The van der Waals surface area contributed by atoms with E-state index in [1.165, 1.54) is 13.2 Å². The van der Waals surface area contributed by atoms with Crippen LogP contribution >= 0.6 is 0 Å². The summed E-state index contributed by atoms with van der Waals surface area (Å²) in [5.41, 5.74) is 9.66. The SMILES string of the molecule is COc1c(F)cccc1-c1cc(-c2cn(Cc3cccc(C(C)(C)C)n3)nn2)nc(N)n1. The Morgan fingerprint density at radius 1 is 1.00 bits per heavy atom. The second-order valence-corrected chi connectivity index (χ2v) is 8.38. The van der Waals surface area contributed by atoms with E-state index in [0.717, 1.165) is 11.4 Å². The second kappa shape index (κ2) is 8.33. The number of nitrogens with zero attached hydrogens (tertiary/aromatic N) is 6. The molecule has 164 valence electrons. The molecule has 9 heteroatoms. The smallest absolute Gasteiger partial charge is 0.221 e. The fourth-order valence-electron chi connectivity index (χ4n) is 3.30. The zero-order chi connectivity index (χ0) is 22.9. The van der Waals surface area contributed by atoms with Crippen LogP contribution in [0.4, 0.5) is 10.3 Å². The van der Waals surface area contributed by atoms with E-state index in [2.05, 4.69) is 41.1 Å². The van der Waals surface area contributed by atoms with Crippen LogP contribution in [0.5, 0.6) is 5.75 Å². The van der Waals surface area contributed by atoms with Gasteiger partial charge in [0.25, 0.3) is 0 Å². The Hall–Kier alpha value is -3.88. The van der Waals surface area contributed by atoms with Crippen molar-refractivity contribution in [2.24, 2.45) is 0 Å². The van der Waals surface area contributed by atoms with Crippen molar-refractivity contribution in [1.29, 1.82) is 0 Å². The summed E-state index contributed by atoms with van der Waals surface area (Å²) in [6, 6.07) is 12.3. The van der Waals surface area contributed by atoms with Crippen molar-refractivity contribution in [2.45, 2.75) is 32.7 Å². The van der Waals surface area contributed by atoms with Gasteiger partial charge in [0.1, 0.15) is 5.69 Å². The first kappa shape index (κ1) is 21.4. The summed E-state index contributed by atoms with van der Waals surface area (Å²) in [7, 11) is 1.40. The van der Waals surface area contributed by atoms with E-state index in [1.807, 2.05) is 18.2 Å². The summed E-state index contributed by atoms with van der Waals surface area (Å²) in [6.45, 7) is 6.83. The third-order valence-electron chi connectivity index (χ3n) is 4.89. The number of nitrogen functional groups attached to an aromatic ring is 1. The first-order valence-corrected chi connectivity index (χ1v) is 10.1. The maximum atomic E-state index is 14.1. The number of para-hydroxylation sites is 1. The lowest BCUT2D eigenvalue weighted by Gasteiger charge is -2.18. The van der Waals surface area contributed by atoms with E-state index in [1.54, 1.807) is 29.1 Å². The molecule has 3 heterocycles. The zero-order valence-electron chi connectivity index (χ0n) is 18.4. The molecule has 0 aliphatic heterocycles. The minimum atomic E-state index is -0.486. The third kappa shape index (κ3) is 4.41. The molecule has 0 aliphatic carbocycles. The number of hydrogen-bond donors (Lipinski definition) is 1. The molecule has 0 saturated heterocycles. The monoisotopic (exact) mass is 433 g/mol. The van der Waals surface area contributed by atoms with Crippen molar-refractivity contribution in [3.05, 3.63) is 65.9 Å². The number of methoxy groups -OCH3 is 1. The molecule has 0 radical (unpaired) electrons. The van der Waals surface area contributed by atoms with E-state index >= 15 is 0 Å². The number of aromatic nitrogens is 6. The Kier molecular flexibility index (Phi) is 5.56. The number of ether oxygens (including phenoxy) is 1. The standard InChI is InChI=1S/C23H24FN7O/c1-23(2,3)20-10-5-7-14(26-20)12-31-13-19(29-30-31)18-11-17(27-22(25)28-18)15-8-6-9-16(24)21(15)32-4/h5-11,13H,12H2,1-4H3,(H2,25,27,28). The number of rotatable bonds is 5. The van der Waals surface area contributed by atoms with Crippen LogP contribution in [0.15, 0.2) is 48.7 Å². The van der Waals surface area contributed by atoms with Gasteiger partial charge in [-0.05, 0) is 30.3 Å². The van der Waals surface area contributed by atoms with Gasteiger partial charge in [-0.1, -0.05) is 38.1 Å². The summed E-state index contributed by atoms with van der Waals surface area (Å²) < 4.78 is 21.0. The summed E-state index contributed by atoms with van der Waals surface area (Å²) in [6.07, 6.45) is 1.76. The number of benzene rings is 1. The molecule has 4 rings (SSSR count). The topological polar surface area (TPSA) is 105 Å². The van der Waals surface area contributed by atoms with Gasteiger partial charge in [-0.15, -0.1) is 5.10 Å². The van der Waals surface area contributed by atoms with E-state index in [9.17, 15) is 4.39 Å². The first-order chi connectivity index (χ1) is 15.2. The third-order valence-corrected chi connectivity index (χ3v) is 4.89. The van der Waals surface area contributed by atoms with E-state index in [4.69, 9.17) is 15.5 Å². The van der Waals surface area contributed by atoms with Gasteiger partial charge in [0, 0.05) is 16.7 Å². The lowest BCUT2D eigenvalue weighted by atomic mass is 9.91. The predicted molar refractivity (Wildman–Crippen MR) is 119 cm³/mol. The maximum Gasteiger partial charge on any atom is 0.221 e. The minimum absolute atomic E-state index is 0.0397. The van der Waals surface area contributed by atoms with Crippen LogP contribution in [0.2, 0.25) is 0 Å². The Morgan fingerprint density at radius 3 is 2.50 bits per heavy atom. The van der Waals surface area contributed by atoms with Gasteiger partial charge in [0.2, 0.25) is 5.95 Å². The van der Waals surface area contributed by atoms with Crippen LogP contribution in [0.1, 0.15) is 32.2 Å². The number of pyridine rings is 1. The van der Waals surface area contributed by atoms with Crippen molar-refractivity contribution in [3.8, 4) is 28.4 Å². The maximum absolute atomic E-state index is 14.1. The second-order valence-electron chi connectivity index (χ2n) is 8.38. The molecule has 0 fully saturated rings. The first-order valence-electron chi connectivity index (χ1n) is 10.1. The van der Waals surface area contributed by atoms with Crippen LogP contribution < -0.4 is 10.5 Å². The van der Waals surface area contributed by atoms with Gasteiger partial charge < -0.3 is 10.5 Å². The lowest BCUT2D eigenvalue weighted by molar-refractivity contribution is 0.388. The summed E-state index contributed by atoms with van der Waals surface area (Å²) in [5.74, 6) is -0.359. The zero-order valence-corrected chi connectivity index (χ0v) is 18.4. The van der Waals surface area contributed by atoms with Crippen molar-refractivity contribution in [3.63, 3.8) is 0 Å². The van der Waals surface area contributed by atoms with Crippen molar-refractivity contribution in [1.82, 2.24) is 29.9 Å². The van der Waals surface area contributed by atoms with Crippen LogP contribution in [0, 0.1) is 5.82 Å². The molecule has 0 amide bonds. The largest absolute Gasteiger partial charge is 0.493 e. The molecule has 4 aromatic rings. The molecular weight excluding hydrogens is 409 g/mol. The van der Waals surface area contributed by atoms with Crippen LogP contribution in [-0.2, 0) is 12.0 Å². The fourth-order valence-corrected chi connectivity index (χ4v) is 3.30. The molecule has 0 atom stereocenters. The number of halogens is 1. The van der Waals surface area contributed by atoms with Gasteiger partial charge in [-0.3, -0.25) is 4.98 Å². The number of hydrogen-bond acceptors (Lipinski definition) is 7.